The van der Waals surface area contributed by atoms with E-state index in [2.05, 4.69) is 0 Å². The molecule has 64 valence electrons. The van der Waals surface area contributed by atoms with Crippen LogP contribution in [0.25, 0.3) is 0 Å². The third-order valence-corrected chi connectivity index (χ3v) is 1.65. The maximum absolute atomic E-state index is 12.6. The van der Waals surface area contributed by atoms with Crippen LogP contribution in [0.5, 0.6) is 0 Å². The summed E-state index contributed by atoms with van der Waals surface area (Å²) >= 11 is 0. The lowest BCUT2D eigenvalue weighted by atomic mass is 10.1. The summed E-state index contributed by atoms with van der Waals surface area (Å²) in [5.74, 6) is -0.391. The second-order valence-electron chi connectivity index (χ2n) is 2.50. The Morgan fingerprint density at radius 3 is 2.83 bits per heavy atom. The Morgan fingerprint density at radius 1 is 1.50 bits per heavy atom. The van der Waals surface area contributed by atoms with Gasteiger partial charge in [0, 0.05) is 5.56 Å². The standard InChI is InChI=1S/C9H10FNO/c10-9-2-1-7(3-4-11)8(5-9)6-12/h1-2,5-6H,3-4,11H2. The molecule has 0 radical (unpaired) electrons. The van der Waals surface area contributed by atoms with Gasteiger partial charge >= 0.3 is 0 Å². The van der Waals surface area contributed by atoms with Gasteiger partial charge in [0.15, 0.2) is 0 Å². The molecule has 1 rings (SSSR count). The van der Waals surface area contributed by atoms with Crippen molar-refractivity contribution in [2.75, 3.05) is 6.54 Å². The summed E-state index contributed by atoms with van der Waals surface area (Å²) in [6, 6.07) is 4.14. The minimum atomic E-state index is -0.391. The highest BCUT2D eigenvalue weighted by Crippen LogP contribution is 2.09. The molecule has 2 N–H and O–H groups in total. The van der Waals surface area contributed by atoms with Gasteiger partial charge in [-0.1, -0.05) is 6.07 Å². The monoisotopic (exact) mass is 167 g/mol. The Kier molecular flexibility index (Phi) is 2.94. The van der Waals surface area contributed by atoms with E-state index in [9.17, 15) is 9.18 Å². The molecular formula is C9H10FNO. The van der Waals surface area contributed by atoms with Crippen LogP contribution in [0, 0.1) is 5.82 Å². The molecule has 0 aliphatic heterocycles. The summed E-state index contributed by atoms with van der Waals surface area (Å²) in [6.45, 7) is 0.465. The molecule has 0 unspecified atom stereocenters. The fraction of sp³-hybridized carbons (Fsp3) is 0.222. The number of hydrogen-bond acceptors (Lipinski definition) is 2. The minimum absolute atomic E-state index is 0.389. The number of hydrogen-bond donors (Lipinski definition) is 1. The van der Waals surface area contributed by atoms with Crippen LogP contribution in [-0.2, 0) is 6.42 Å². The van der Waals surface area contributed by atoms with Crippen molar-refractivity contribution in [3.63, 3.8) is 0 Å². The van der Waals surface area contributed by atoms with E-state index in [1.807, 2.05) is 0 Å². The van der Waals surface area contributed by atoms with Crippen molar-refractivity contribution in [1.82, 2.24) is 0 Å². The molecule has 12 heavy (non-hydrogen) atoms. The first kappa shape index (κ1) is 8.87. The first-order valence-corrected chi connectivity index (χ1v) is 3.71. The Balaban J connectivity index is 3.02. The van der Waals surface area contributed by atoms with Gasteiger partial charge < -0.3 is 5.73 Å². The molecule has 0 amide bonds. The first-order valence-electron chi connectivity index (χ1n) is 3.71. The smallest absolute Gasteiger partial charge is 0.150 e. The van der Waals surface area contributed by atoms with Crippen LogP contribution in [0.3, 0.4) is 0 Å². The lowest BCUT2D eigenvalue weighted by molar-refractivity contribution is 0.112. The molecule has 1 aromatic carbocycles. The molecule has 0 heterocycles. The first-order chi connectivity index (χ1) is 5.77. The zero-order valence-corrected chi connectivity index (χ0v) is 6.59. The molecular weight excluding hydrogens is 157 g/mol. The molecule has 0 aliphatic carbocycles. The van der Waals surface area contributed by atoms with Crippen molar-refractivity contribution in [3.05, 3.63) is 35.1 Å². The van der Waals surface area contributed by atoms with Crippen molar-refractivity contribution in [2.45, 2.75) is 6.42 Å². The molecule has 0 fully saturated rings. The number of halogens is 1. The minimum Gasteiger partial charge on any atom is -0.330 e. The van der Waals surface area contributed by atoms with E-state index < -0.39 is 5.82 Å². The second kappa shape index (κ2) is 3.97. The van der Waals surface area contributed by atoms with Crippen LogP contribution in [-0.4, -0.2) is 12.8 Å². The van der Waals surface area contributed by atoms with Crippen molar-refractivity contribution >= 4 is 6.29 Å². The SMILES string of the molecule is NCCc1ccc(F)cc1C=O. The van der Waals surface area contributed by atoms with Crippen molar-refractivity contribution < 1.29 is 9.18 Å². The van der Waals surface area contributed by atoms with E-state index in [0.717, 1.165) is 5.56 Å². The Bertz CT molecular complexity index is 286. The highest BCUT2D eigenvalue weighted by atomic mass is 19.1. The number of benzene rings is 1. The molecule has 3 heteroatoms. The highest BCUT2D eigenvalue weighted by Gasteiger charge is 2.01. The molecule has 2 nitrogen and oxygen atoms in total. The van der Waals surface area contributed by atoms with Gasteiger partial charge in [0.2, 0.25) is 0 Å². The van der Waals surface area contributed by atoms with Gasteiger partial charge in [-0.3, -0.25) is 4.79 Å². The third kappa shape index (κ3) is 1.89. The van der Waals surface area contributed by atoms with Crippen molar-refractivity contribution in [1.29, 1.82) is 0 Å². The van der Waals surface area contributed by atoms with Gasteiger partial charge in [0.05, 0.1) is 0 Å². The lowest BCUT2D eigenvalue weighted by Crippen LogP contribution is -2.05. The number of aldehydes is 1. The average molecular weight is 167 g/mol. The molecule has 0 atom stereocenters. The molecule has 0 aromatic heterocycles. The van der Waals surface area contributed by atoms with Gasteiger partial charge in [0.25, 0.3) is 0 Å². The van der Waals surface area contributed by atoms with E-state index in [1.165, 1.54) is 12.1 Å². The molecule has 1 aromatic rings. The number of rotatable bonds is 3. The molecule has 0 spiro atoms. The maximum Gasteiger partial charge on any atom is 0.150 e. The topological polar surface area (TPSA) is 43.1 Å². The molecule has 0 saturated carbocycles. The summed E-state index contributed by atoms with van der Waals surface area (Å²) in [7, 11) is 0. The largest absolute Gasteiger partial charge is 0.330 e. The Labute approximate surface area is 70.2 Å². The van der Waals surface area contributed by atoms with E-state index >= 15 is 0 Å². The van der Waals surface area contributed by atoms with Crippen LogP contribution in [0.1, 0.15) is 15.9 Å². The van der Waals surface area contributed by atoms with Crippen LogP contribution < -0.4 is 5.73 Å². The van der Waals surface area contributed by atoms with Gasteiger partial charge in [-0.05, 0) is 30.7 Å². The fourth-order valence-electron chi connectivity index (χ4n) is 1.06. The van der Waals surface area contributed by atoms with Gasteiger partial charge in [-0.2, -0.15) is 0 Å². The van der Waals surface area contributed by atoms with E-state index in [1.54, 1.807) is 6.07 Å². The number of carbonyl (C=O) groups is 1. The van der Waals surface area contributed by atoms with Gasteiger partial charge in [0.1, 0.15) is 12.1 Å². The summed E-state index contributed by atoms with van der Waals surface area (Å²) in [5, 5.41) is 0. The predicted molar refractivity (Wildman–Crippen MR) is 44.5 cm³/mol. The van der Waals surface area contributed by atoms with E-state index in [-0.39, 0.29) is 0 Å². The number of nitrogens with two attached hydrogens (primary N) is 1. The van der Waals surface area contributed by atoms with Crippen molar-refractivity contribution in [2.24, 2.45) is 5.73 Å². The Morgan fingerprint density at radius 2 is 2.25 bits per heavy atom. The number of carbonyl (C=O) groups excluding carboxylic acids is 1. The zero-order valence-electron chi connectivity index (χ0n) is 6.59. The zero-order chi connectivity index (χ0) is 8.97. The quantitative estimate of drug-likeness (QED) is 0.686. The van der Waals surface area contributed by atoms with E-state index in [4.69, 9.17) is 5.73 Å². The van der Waals surface area contributed by atoms with Crippen molar-refractivity contribution in [3.8, 4) is 0 Å². The summed E-state index contributed by atoms with van der Waals surface area (Å²) < 4.78 is 12.6. The molecule has 0 aliphatic rings. The van der Waals surface area contributed by atoms with Crippen LogP contribution >= 0.6 is 0 Å². The average Bonchev–Trinajstić information content (AvgIpc) is 2.08. The summed E-state index contributed by atoms with van der Waals surface area (Å²) in [4.78, 5) is 10.4. The van der Waals surface area contributed by atoms with E-state index in [0.29, 0.717) is 24.8 Å². The van der Waals surface area contributed by atoms with Gasteiger partial charge in [-0.25, -0.2) is 4.39 Å². The third-order valence-electron chi connectivity index (χ3n) is 1.65. The highest BCUT2D eigenvalue weighted by molar-refractivity contribution is 5.77. The van der Waals surface area contributed by atoms with Crippen LogP contribution in [0.4, 0.5) is 4.39 Å². The molecule has 0 saturated heterocycles. The van der Waals surface area contributed by atoms with Crippen LogP contribution in [0.15, 0.2) is 18.2 Å². The van der Waals surface area contributed by atoms with Crippen LogP contribution in [0.2, 0.25) is 0 Å². The maximum atomic E-state index is 12.6. The lowest BCUT2D eigenvalue weighted by Gasteiger charge is -2.01. The molecule has 0 bridgehead atoms. The summed E-state index contributed by atoms with van der Waals surface area (Å²) in [6.07, 6.45) is 1.25. The fourth-order valence-corrected chi connectivity index (χ4v) is 1.06. The summed E-state index contributed by atoms with van der Waals surface area (Å²) in [5.41, 5.74) is 6.50. The predicted octanol–water partition coefficient (Wildman–Crippen LogP) is 1.14. The second-order valence-corrected chi connectivity index (χ2v) is 2.50. The van der Waals surface area contributed by atoms with Gasteiger partial charge in [-0.15, -0.1) is 0 Å². The normalized spacial score (nSPS) is 9.83. The Hall–Kier alpha value is -1.22.